The van der Waals surface area contributed by atoms with E-state index in [9.17, 15) is 4.79 Å². The number of rotatable bonds is 5. The quantitative estimate of drug-likeness (QED) is 0.772. The van der Waals surface area contributed by atoms with Crippen LogP contribution in [0.2, 0.25) is 5.02 Å². The standard InChI is InChI=1S/C16H21ClN6O/c1-11-20-15(22-21-11)9-19-16(24)18-8-12-6-7-23(10-12)14-5-3-2-4-13(14)17/h2-5,12H,6-10H2,1H3,(H2,18,19,24)(H,20,21,22). The maximum Gasteiger partial charge on any atom is 0.315 e. The first kappa shape index (κ1) is 16.6. The van der Waals surface area contributed by atoms with Crippen LogP contribution < -0.4 is 15.5 Å². The molecule has 1 aliphatic heterocycles. The number of aromatic nitrogens is 3. The molecule has 0 radical (unpaired) electrons. The molecule has 7 nitrogen and oxygen atoms in total. The Hall–Kier alpha value is -2.28. The highest BCUT2D eigenvalue weighted by molar-refractivity contribution is 6.33. The zero-order chi connectivity index (χ0) is 16.9. The molecule has 1 unspecified atom stereocenters. The van der Waals surface area contributed by atoms with Gasteiger partial charge in [-0.25, -0.2) is 9.78 Å². The van der Waals surface area contributed by atoms with Gasteiger partial charge in [-0.3, -0.25) is 5.10 Å². The molecule has 8 heteroatoms. The lowest BCUT2D eigenvalue weighted by molar-refractivity contribution is 0.238. The fraction of sp³-hybridized carbons (Fsp3) is 0.438. The number of para-hydroxylation sites is 1. The SMILES string of the molecule is Cc1nc(CNC(=O)NCC2CCN(c3ccccc3Cl)C2)n[nH]1. The Morgan fingerprint density at radius 2 is 2.25 bits per heavy atom. The third kappa shape index (κ3) is 4.17. The first-order valence-corrected chi connectivity index (χ1v) is 8.38. The number of amides is 2. The Morgan fingerprint density at radius 3 is 3.00 bits per heavy atom. The van der Waals surface area contributed by atoms with E-state index in [1.54, 1.807) is 0 Å². The number of halogens is 1. The van der Waals surface area contributed by atoms with E-state index in [1.165, 1.54) is 0 Å². The molecule has 2 aromatic rings. The van der Waals surface area contributed by atoms with Crippen molar-refractivity contribution in [3.05, 3.63) is 40.9 Å². The summed E-state index contributed by atoms with van der Waals surface area (Å²) in [5.74, 6) is 1.73. The highest BCUT2D eigenvalue weighted by Crippen LogP contribution is 2.29. The molecule has 128 valence electrons. The van der Waals surface area contributed by atoms with E-state index < -0.39 is 0 Å². The average molecular weight is 349 g/mol. The number of anilines is 1. The molecule has 2 heterocycles. The summed E-state index contributed by atoms with van der Waals surface area (Å²) >= 11 is 6.24. The predicted molar refractivity (Wildman–Crippen MR) is 93.1 cm³/mol. The van der Waals surface area contributed by atoms with Crippen molar-refractivity contribution in [2.24, 2.45) is 5.92 Å². The predicted octanol–water partition coefficient (Wildman–Crippen LogP) is 2.09. The average Bonchev–Trinajstić information content (AvgIpc) is 3.20. The van der Waals surface area contributed by atoms with Crippen molar-refractivity contribution < 1.29 is 4.79 Å². The molecule has 1 aliphatic rings. The van der Waals surface area contributed by atoms with Gasteiger partial charge in [0.15, 0.2) is 5.82 Å². The minimum atomic E-state index is -0.200. The van der Waals surface area contributed by atoms with Crippen LogP contribution in [-0.4, -0.2) is 40.8 Å². The van der Waals surface area contributed by atoms with E-state index >= 15 is 0 Å². The van der Waals surface area contributed by atoms with E-state index in [0.29, 0.717) is 24.8 Å². The van der Waals surface area contributed by atoms with Crippen molar-refractivity contribution in [2.45, 2.75) is 19.9 Å². The fourth-order valence-electron chi connectivity index (χ4n) is 2.85. The number of hydrogen-bond donors (Lipinski definition) is 3. The molecule has 0 spiro atoms. The summed E-state index contributed by atoms with van der Waals surface area (Å²) in [6.07, 6.45) is 1.03. The number of nitrogens with one attached hydrogen (secondary N) is 3. The number of aromatic amines is 1. The number of nitrogens with zero attached hydrogens (tertiary/aromatic N) is 3. The molecular formula is C16H21ClN6O. The summed E-state index contributed by atoms with van der Waals surface area (Å²) in [5, 5.41) is 13.2. The lowest BCUT2D eigenvalue weighted by Gasteiger charge is -2.20. The molecular weight excluding hydrogens is 328 g/mol. The molecule has 1 aromatic heterocycles. The van der Waals surface area contributed by atoms with Crippen molar-refractivity contribution in [1.82, 2.24) is 25.8 Å². The number of carbonyl (C=O) groups excluding carboxylic acids is 1. The summed E-state index contributed by atoms with van der Waals surface area (Å²) in [7, 11) is 0. The van der Waals surface area contributed by atoms with Gasteiger partial charge in [-0.15, -0.1) is 0 Å². The molecule has 3 N–H and O–H groups in total. The van der Waals surface area contributed by atoms with Crippen LogP contribution in [-0.2, 0) is 6.54 Å². The molecule has 0 saturated carbocycles. The second-order valence-electron chi connectivity index (χ2n) is 5.95. The molecule has 3 rings (SSSR count). The van der Waals surface area contributed by atoms with Crippen molar-refractivity contribution >= 4 is 23.3 Å². The van der Waals surface area contributed by atoms with Gasteiger partial charge in [-0.05, 0) is 31.4 Å². The van der Waals surface area contributed by atoms with Gasteiger partial charge < -0.3 is 15.5 Å². The van der Waals surface area contributed by atoms with Crippen LogP contribution in [0.5, 0.6) is 0 Å². The van der Waals surface area contributed by atoms with Gasteiger partial charge in [0, 0.05) is 19.6 Å². The fourth-order valence-corrected chi connectivity index (χ4v) is 3.11. The van der Waals surface area contributed by atoms with Crippen LogP contribution in [0.4, 0.5) is 10.5 Å². The smallest absolute Gasteiger partial charge is 0.315 e. The zero-order valence-corrected chi connectivity index (χ0v) is 14.3. The van der Waals surface area contributed by atoms with Crippen LogP contribution in [0.15, 0.2) is 24.3 Å². The van der Waals surface area contributed by atoms with Crippen LogP contribution >= 0.6 is 11.6 Å². The molecule has 0 bridgehead atoms. The largest absolute Gasteiger partial charge is 0.370 e. The van der Waals surface area contributed by atoms with Gasteiger partial charge in [-0.2, -0.15) is 5.10 Å². The Kier molecular flexibility index (Phi) is 5.20. The number of hydrogen-bond acceptors (Lipinski definition) is 4. The first-order valence-electron chi connectivity index (χ1n) is 8.01. The molecule has 0 aliphatic carbocycles. The second kappa shape index (κ2) is 7.53. The van der Waals surface area contributed by atoms with E-state index in [1.807, 2.05) is 31.2 Å². The topological polar surface area (TPSA) is 85.9 Å². The van der Waals surface area contributed by atoms with Crippen LogP contribution in [0.3, 0.4) is 0 Å². The maximum atomic E-state index is 11.9. The first-order chi connectivity index (χ1) is 11.6. The third-order valence-corrected chi connectivity index (χ3v) is 4.40. The van der Waals surface area contributed by atoms with Crippen molar-refractivity contribution in [3.63, 3.8) is 0 Å². The summed E-state index contributed by atoms with van der Waals surface area (Å²) in [6, 6.07) is 7.66. The van der Waals surface area contributed by atoms with Crippen LogP contribution in [0.25, 0.3) is 0 Å². The lowest BCUT2D eigenvalue weighted by Crippen LogP contribution is -2.38. The van der Waals surface area contributed by atoms with Gasteiger partial charge in [0.05, 0.1) is 17.3 Å². The van der Waals surface area contributed by atoms with Gasteiger partial charge in [-0.1, -0.05) is 23.7 Å². The van der Waals surface area contributed by atoms with Crippen molar-refractivity contribution in [3.8, 4) is 0 Å². The van der Waals surface area contributed by atoms with Crippen LogP contribution in [0.1, 0.15) is 18.1 Å². The number of H-pyrrole nitrogens is 1. The number of aryl methyl sites for hydroxylation is 1. The minimum absolute atomic E-state index is 0.200. The van der Waals surface area contributed by atoms with Crippen molar-refractivity contribution in [1.29, 1.82) is 0 Å². The summed E-state index contributed by atoms with van der Waals surface area (Å²) in [4.78, 5) is 18.3. The lowest BCUT2D eigenvalue weighted by atomic mass is 10.1. The Morgan fingerprint density at radius 1 is 1.42 bits per heavy atom. The van der Waals surface area contributed by atoms with Crippen molar-refractivity contribution in [2.75, 3.05) is 24.5 Å². The van der Waals surface area contributed by atoms with E-state index in [0.717, 1.165) is 36.0 Å². The molecule has 1 fully saturated rings. The summed E-state index contributed by atoms with van der Waals surface area (Å²) < 4.78 is 0. The van der Waals surface area contributed by atoms with E-state index in [4.69, 9.17) is 11.6 Å². The van der Waals surface area contributed by atoms with Gasteiger partial charge in [0.2, 0.25) is 0 Å². The zero-order valence-electron chi connectivity index (χ0n) is 13.6. The molecule has 2 amide bonds. The molecule has 1 aromatic carbocycles. The number of carbonyl (C=O) groups is 1. The number of urea groups is 1. The molecule has 24 heavy (non-hydrogen) atoms. The van der Waals surface area contributed by atoms with Gasteiger partial charge in [0.1, 0.15) is 5.82 Å². The Bertz CT molecular complexity index is 703. The summed E-state index contributed by atoms with van der Waals surface area (Å²) in [6.45, 7) is 4.62. The minimum Gasteiger partial charge on any atom is -0.370 e. The Labute approximate surface area is 145 Å². The number of benzene rings is 1. The van der Waals surface area contributed by atoms with E-state index in [2.05, 4.69) is 30.7 Å². The molecule has 1 atom stereocenters. The third-order valence-electron chi connectivity index (χ3n) is 4.08. The Balaban J connectivity index is 1.41. The second-order valence-corrected chi connectivity index (χ2v) is 6.36. The highest BCUT2D eigenvalue weighted by atomic mass is 35.5. The van der Waals surface area contributed by atoms with Crippen LogP contribution in [0, 0.1) is 12.8 Å². The maximum absolute atomic E-state index is 11.9. The normalized spacial score (nSPS) is 17.1. The monoisotopic (exact) mass is 348 g/mol. The highest BCUT2D eigenvalue weighted by Gasteiger charge is 2.24. The van der Waals surface area contributed by atoms with Gasteiger partial charge in [0.25, 0.3) is 0 Å². The summed E-state index contributed by atoms with van der Waals surface area (Å²) in [5.41, 5.74) is 1.06. The van der Waals surface area contributed by atoms with Gasteiger partial charge >= 0.3 is 6.03 Å². The van der Waals surface area contributed by atoms with E-state index in [-0.39, 0.29) is 6.03 Å². The molecule has 1 saturated heterocycles.